The monoisotopic (exact) mass is 443 g/mol. The van der Waals surface area contributed by atoms with Gasteiger partial charge in [0.05, 0.1) is 9.71 Å². The molecule has 2 heterocycles. The van der Waals surface area contributed by atoms with E-state index in [-0.39, 0.29) is 19.0 Å². The fraction of sp³-hybridized carbons (Fsp3) is 0.182. The van der Waals surface area contributed by atoms with Gasteiger partial charge in [0, 0.05) is 27.8 Å². The van der Waals surface area contributed by atoms with Crippen LogP contribution in [0.15, 0.2) is 53.6 Å². The van der Waals surface area contributed by atoms with Crippen molar-refractivity contribution in [3.05, 3.63) is 60.0 Å². The molecule has 0 saturated heterocycles. The molecule has 2 unspecified atom stereocenters. The van der Waals surface area contributed by atoms with E-state index in [1.807, 2.05) is 0 Å². The molecule has 0 radical (unpaired) electrons. The number of nitrogens with zero attached hydrogens (tertiary/aromatic N) is 1. The number of hydrogen-bond acceptors (Lipinski definition) is 6. The molecule has 1 aromatic heterocycles. The number of hydrogen-bond donors (Lipinski definition) is 2. The van der Waals surface area contributed by atoms with Crippen LogP contribution in [-0.2, 0) is 9.71 Å². The summed E-state index contributed by atoms with van der Waals surface area (Å²) in [6, 6.07) is 10.9. The topological polar surface area (TPSA) is 110 Å². The molecule has 2 atom stereocenters. The molecular weight excluding hydrogens is 421 g/mol. The maximum absolute atomic E-state index is 13.9. The highest BCUT2D eigenvalue weighted by Crippen LogP contribution is 2.37. The first-order chi connectivity index (χ1) is 14.7. The quantitative estimate of drug-likeness (QED) is 0.559. The van der Waals surface area contributed by atoms with Crippen molar-refractivity contribution >= 4 is 21.4 Å². The normalized spacial score (nSPS) is 17.7. The van der Waals surface area contributed by atoms with E-state index in [0.29, 0.717) is 38.8 Å². The third kappa shape index (κ3) is 4.42. The number of nitrogens with two attached hydrogens (primary N) is 2. The molecule has 162 valence electrons. The van der Waals surface area contributed by atoms with Gasteiger partial charge in [0.2, 0.25) is 0 Å². The Bertz CT molecular complexity index is 1250. The predicted octanol–water partition coefficient (Wildman–Crippen LogP) is 3.33. The van der Waals surface area contributed by atoms with E-state index in [1.54, 1.807) is 43.5 Å². The largest absolute Gasteiger partial charge is 0.490 e. The molecule has 0 spiro atoms. The number of pyridine rings is 1. The summed E-state index contributed by atoms with van der Waals surface area (Å²) in [5.41, 5.74) is 7.78. The molecule has 9 heteroatoms. The first kappa shape index (κ1) is 21.0. The number of anilines is 1. The fourth-order valence-electron chi connectivity index (χ4n) is 3.30. The molecule has 0 amide bonds. The number of aromatic nitrogens is 1. The van der Waals surface area contributed by atoms with Crippen LogP contribution in [-0.4, -0.2) is 28.3 Å². The van der Waals surface area contributed by atoms with Crippen LogP contribution in [0.25, 0.3) is 11.1 Å². The SMILES string of the molecule is C=S(N)(=O)c1ccc2c(c1)-c1cnc(N)c(c1)OC(C)c1cc(F)ccc1OCCO2. The highest BCUT2D eigenvalue weighted by Gasteiger charge is 2.19. The van der Waals surface area contributed by atoms with Crippen molar-refractivity contribution in [2.45, 2.75) is 17.9 Å². The molecule has 31 heavy (non-hydrogen) atoms. The van der Waals surface area contributed by atoms with Gasteiger partial charge in [-0.05, 0) is 55.3 Å². The summed E-state index contributed by atoms with van der Waals surface area (Å²) in [6.07, 6.45) is 0.990. The lowest BCUT2D eigenvalue weighted by Gasteiger charge is -2.19. The van der Waals surface area contributed by atoms with Crippen LogP contribution in [0, 0.1) is 5.82 Å². The molecule has 0 saturated carbocycles. The molecule has 0 aliphatic carbocycles. The predicted molar refractivity (Wildman–Crippen MR) is 118 cm³/mol. The lowest BCUT2D eigenvalue weighted by atomic mass is 10.1. The van der Waals surface area contributed by atoms with Gasteiger partial charge < -0.3 is 19.9 Å². The van der Waals surface area contributed by atoms with E-state index >= 15 is 0 Å². The van der Waals surface area contributed by atoms with Gasteiger partial charge in [-0.1, -0.05) is 0 Å². The first-order valence-electron chi connectivity index (χ1n) is 9.49. The molecule has 4 N–H and O–H groups in total. The van der Waals surface area contributed by atoms with Crippen molar-refractivity contribution in [1.82, 2.24) is 4.98 Å². The van der Waals surface area contributed by atoms with E-state index in [4.69, 9.17) is 25.1 Å². The summed E-state index contributed by atoms with van der Waals surface area (Å²) < 4.78 is 43.9. The van der Waals surface area contributed by atoms with Crippen molar-refractivity contribution in [3.63, 3.8) is 0 Å². The number of rotatable bonds is 1. The lowest BCUT2D eigenvalue weighted by molar-refractivity contribution is 0.198. The van der Waals surface area contributed by atoms with E-state index in [1.165, 1.54) is 12.1 Å². The zero-order valence-corrected chi connectivity index (χ0v) is 17.7. The van der Waals surface area contributed by atoms with Crippen molar-refractivity contribution < 1.29 is 22.8 Å². The Kier molecular flexibility index (Phi) is 5.47. The van der Waals surface area contributed by atoms with Gasteiger partial charge in [0.1, 0.15) is 36.6 Å². The van der Waals surface area contributed by atoms with Gasteiger partial charge >= 0.3 is 0 Å². The van der Waals surface area contributed by atoms with Crippen LogP contribution >= 0.6 is 0 Å². The lowest BCUT2D eigenvalue weighted by Crippen LogP contribution is -2.13. The second-order valence-electron chi connectivity index (χ2n) is 7.13. The van der Waals surface area contributed by atoms with E-state index in [0.717, 1.165) is 0 Å². The van der Waals surface area contributed by atoms with Gasteiger partial charge in [0.25, 0.3) is 0 Å². The minimum absolute atomic E-state index is 0.169. The summed E-state index contributed by atoms with van der Waals surface area (Å²) in [6.45, 7) is 2.20. The first-order valence-corrected chi connectivity index (χ1v) is 11.3. The highest BCUT2D eigenvalue weighted by molar-refractivity contribution is 7.98. The van der Waals surface area contributed by atoms with E-state index in [2.05, 4.69) is 10.9 Å². The second kappa shape index (κ2) is 8.09. The molecule has 2 bridgehead atoms. The van der Waals surface area contributed by atoms with E-state index in [9.17, 15) is 8.60 Å². The number of halogens is 1. The third-order valence-corrected chi connectivity index (χ3v) is 5.91. The summed E-state index contributed by atoms with van der Waals surface area (Å²) >= 11 is 0. The molecule has 3 aromatic rings. The molecule has 1 aliphatic heterocycles. The van der Waals surface area contributed by atoms with Crippen molar-refractivity contribution in [2.24, 2.45) is 5.14 Å². The summed E-state index contributed by atoms with van der Waals surface area (Å²) in [5.74, 6) is 4.61. The Hall–Kier alpha value is -3.30. The van der Waals surface area contributed by atoms with Gasteiger partial charge in [-0.2, -0.15) is 0 Å². The minimum Gasteiger partial charge on any atom is -0.490 e. The van der Waals surface area contributed by atoms with Crippen LogP contribution in [0.5, 0.6) is 17.2 Å². The van der Waals surface area contributed by atoms with Gasteiger partial charge in [-0.15, -0.1) is 0 Å². The number of nitrogen functional groups attached to an aromatic ring is 1. The van der Waals surface area contributed by atoms with Crippen LogP contribution < -0.4 is 25.1 Å². The molecular formula is C22H22FN3O4S. The number of ether oxygens (including phenoxy) is 3. The van der Waals surface area contributed by atoms with Crippen molar-refractivity contribution in [3.8, 4) is 28.4 Å². The fourth-order valence-corrected chi connectivity index (χ4v) is 3.91. The zero-order valence-electron chi connectivity index (χ0n) is 16.8. The molecule has 0 fully saturated rings. The van der Waals surface area contributed by atoms with E-state index < -0.39 is 21.6 Å². The van der Waals surface area contributed by atoms with Crippen LogP contribution in [0.1, 0.15) is 18.6 Å². The maximum Gasteiger partial charge on any atom is 0.166 e. The molecule has 7 nitrogen and oxygen atoms in total. The Morgan fingerprint density at radius 2 is 1.81 bits per heavy atom. The molecule has 4 rings (SSSR count). The Labute approximate surface area is 179 Å². The highest BCUT2D eigenvalue weighted by atomic mass is 32.2. The Morgan fingerprint density at radius 1 is 1.10 bits per heavy atom. The average molecular weight is 444 g/mol. The minimum atomic E-state index is -2.94. The van der Waals surface area contributed by atoms with Gasteiger partial charge in [-0.3, -0.25) is 5.14 Å². The number of benzene rings is 2. The Morgan fingerprint density at radius 3 is 2.55 bits per heavy atom. The van der Waals surface area contributed by atoms with Crippen molar-refractivity contribution in [1.29, 1.82) is 0 Å². The molecule has 2 aromatic carbocycles. The second-order valence-corrected chi connectivity index (χ2v) is 9.05. The summed E-state index contributed by atoms with van der Waals surface area (Å²) in [4.78, 5) is 4.59. The zero-order chi connectivity index (χ0) is 22.2. The maximum atomic E-state index is 13.9. The van der Waals surface area contributed by atoms with Crippen LogP contribution in [0.4, 0.5) is 10.2 Å². The van der Waals surface area contributed by atoms with Crippen molar-refractivity contribution in [2.75, 3.05) is 18.9 Å². The number of fused-ring (bicyclic) bond motifs is 5. The van der Waals surface area contributed by atoms with Gasteiger partial charge in [0.15, 0.2) is 11.6 Å². The summed E-state index contributed by atoms with van der Waals surface area (Å²) in [7, 11) is -2.94. The Balaban J connectivity index is 1.85. The van der Waals surface area contributed by atoms with Crippen LogP contribution in [0.3, 0.4) is 0 Å². The van der Waals surface area contributed by atoms with Crippen LogP contribution in [0.2, 0.25) is 0 Å². The summed E-state index contributed by atoms with van der Waals surface area (Å²) in [5, 5.41) is 5.73. The van der Waals surface area contributed by atoms with Gasteiger partial charge in [-0.25, -0.2) is 13.6 Å². The standard InChI is InChI=1S/C22H22FN3O4S/c1-13-17-10-15(23)3-5-19(17)28-7-8-29-20-6-4-16(31(2,25)27)11-18(20)14-9-21(30-13)22(24)26-12-14/h3-6,9-13H,2,7-8H2,1H3,(H2,24,26)(H2,25,27). The average Bonchev–Trinajstić information content (AvgIpc) is 2.73. The third-order valence-electron chi connectivity index (χ3n) is 4.85. The molecule has 1 aliphatic rings. The smallest absolute Gasteiger partial charge is 0.166 e.